The van der Waals surface area contributed by atoms with Crippen LogP contribution in [0.2, 0.25) is 0 Å². The van der Waals surface area contributed by atoms with Gasteiger partial charge < -0.3 is 9.64 Å². The number of nitrogens with zero attached hydrogens (tertiary/aromatic N) is 2. The van der Waals surface area contributed by atoms with Crippen molar-refractivity contribution in [1.29, 1.82) is 0 Å². The molecule has 8 heteroatoms. The van der Waals surface area contributed by atoms with Crippen LogP contribution in [0.3, 0.4) is 0 Å². The molecule has 0 N–H and O–H groups in total. The topological polar surface area (TPSA) is 66.9 Å². The van der Waals surface area contributed by atoms with Crippen LogP contribution >= 0.6 is 0 Å². The molecule has 1 fully saturated rings. The second-order valence-corrected chi connectivity index (χ2v) is 9.65. The molecule has 1 aromatic rings. The van der Waals surface area contributed by atoms with Crippen molar-refractivity contribution in [2.75, 3.05) is 20.1 Å². The summed E-state index contributed by atoms with van der Waals surface area (Å²) in [6, 6.07) is 5.25. The number of amides is 1. The number of carbonyl (C=O) groups excluding carboxylic acids is 1. The van der Waals surface area contributed by atoms with Gasteiger partial charge in [0.2, 0.25) is 10.0 Å². The largest absolute Gasteiger partial charge is 0.444 e. The molecule has 0 unspecified atom stereocenters. The molecule has 0 aromatic heterocycles. The highest BCUT2D eigenvalue weighted by Gasteiger charge is 2.33. The summed E-state index contributed by atoms with van der Waals surface area (Å²) in [6.45, 7) is 6.21. The number of ether oxygens (including phenoxy) is 1. The third kappa shape index (κ3) is 5.67. The number of carbonyl (C=O) groups is 1. The van der Waals surface area contributed by atoms with E-state index in [2.05, 4.69) is 0 Å². The first-order chi connectivity index (χ1) is 12.0. The minimum absolute atomic E-state index is 0.274. The van der Waals surface area contributed by atoms with E-state index in [0.29, 0.717) is 24.9 Å². The Morgan fingerprint density at radius 2 is 2.08 bits per heavy atom. The summed E-state index contributed by atoms with van der Waals surface area (Å²) in [4.78, 5) is 13.8. The van der Waals surface area contributed by atoms with Crippen molar-refractivity contribution in [3.8, 4) is 0 Å². The number of hydrogen-bond acceptors (Lipinski definition) is 4. The molecular formula is C18H27FN2O4S. The van der Waals surface area contributed by atoms with E-state index in [4.69, 9.17) is 4.74 Å². The highest BCUT2D eigenvalue weighted by atomic mass is 32.2. The average Bonchev–Trinajstić information content (AvgIpc) is 2.52. The minimum Gasteiger partial charge on any atom is -0.444 e. The Kier molecular flexibility index (Phi) is 6.29. The van der Waals surface area contributed by atoms with Crippen LogP contribution in [-0.2, 0) is 20.5 Å². The molecule has 0 spiro atoms. The molecule has 1 atom stereocenters. The lowest BCUT2D eigenvalue weighted by Gasteiger charge is -2.37. The predicted molar refractivity (Wildman–Crippen MR) is 97.6 cm³/mol. The molecule has 1 aliphatic rings. The number of piperidine rings is 1. The maximum absolute atomic E-state index is 13.3. The molecule has 0 radical (unpaired) electrons. The van der Waals surface area contributed by atoms with Crippen molar-refractivity contribution in [1.82, 2.24) is 9.21 Å². The van der Waals surface area contributed by atoms with Crippen LogP contribution in [0.4, 0.5) is 9.18 Å². The zero-order valence-corrected chi connectivity index (χ0v) is 16.6. The molecule has 0 aliphatic carbocycles. The Morgan fingerprint density at radius 1 is 1.38 bits per heavy atom. The number of rotatable bonds is 4. The molecule has 0 bridgehead atoms. The molecule has 146 valence electrons. The van der Waals surface area contributed by atoms with Crippen LogP contribution in [0.15, 0.2) is 24.3 Å². The Bertz CT molecular complexity index is 746. The van der Waals surface area contributed by atoms with E-state index < -0.39 is 27.5 Å². The monoisotopic (exact) mass is 386 g/mol. The van der Waals surface area contributed by atoms with Crippen LogP contribution in [-0.4, -0.2) is 55.5 Å². The van der Waals surface area contributed by atoms with Crippen LogP contribution in [0, 0.1) is 5.82 Å². The number of likely N-dealkylation sites (tertiary alicyclic amines) is 1. The van der Waals surface area contributed by atoms with Crippen molar-refractivity contribution < 1.29 is 22.3 Å². The second kappa shape index (κ2) is 7.92. The van der Waals surface area contributed by atoms with Gasteiger partial charge in [0.25, 0.3) is 0 Å². The van der Waals surface area contributed by atoms with E-state index in [9.17, 15) is 17.6 Å². The maximum atomic E-state index is 13.3. The quantitative estimate of drug-likeness (QED) is 0.798. The molecule has 6 nitrogen and oxygen atoms in total. The van der Waals surface area contributed by atoms with Crippen LogP contribution in [0.1, 0.15) is 39.2 Å². The predicted octanol–water partition coefficient (Wildman–Crippen LogP) is 2.99. The Labute approximate surface area is 155 Å². The van der Waals surface area contributed by atoms with Gasteiger partial charge in [0.05, 0.1) is 5.75 Å². The van der Waals surface area contributed by atoms with Crippen molar-refractivity contribution in [2.45, 2.75) is 51.0 Å². The summed E-state index contributed by atoms with van der Waals surface area (Å²) < 4.78 is 45.4. The third-order valence-corrected chi connectivity index (χ3v) is 6.11. The maximum Gasteiger partial charge on any atom is 0.410 e. The van der Waals surface area contributed by atoms with Crippen LogP contribution < -0.4 is 0 Å². The van der Waals surface area contributed by atoms with Gasteiger partial charge in [-0.3, -0.25) is 0 Å². The molecule has 26 heavy (non-hydrogen) atoms. The van der Waals surface area contributed by atoms with Crippen molar-refractivity contribution >= 4 is 16.1 Å². The summed E-state index contributed by atoms with van der Waals surface area (Å²) in [7, 11) is -2.11. The van der Waals surface area contributed by atoms with Gasteiger partial charge in [-0.15, -0.1) is 0 Å². The summed E-state index contributed by atoms with van der Waals surface area (Å²) in [6.07, 6.45) is 0.931. The third-order valence-electron chi connectivity index (χ3n) is 4.24. The SMILES string of the molecule is CN([C@H]1CCCN(C(=O)OC(C)(C)C)C1)S(=O)(=O)Cc1cccc(F)c1. The molecule has 0 saturated carbocycles. The van der Waals surface area contributed by atoms with Gasteiger partial charge in [-0.1, -0.05) is 12.1 Å². The van der Waals surface area contributed by atoms with Gasteiger partial charge in [-0.05, 0) is 51.3 Å². The van der Waals surface area contributed by atoms with E-state index in [1.165, 1.54) is 29.6 Å². The first kappa shape index (κ1) is 20.6. The Morgan fingerprint density at radius 3 is 2.69 bits per heavy atom. The first-order valence-electron chi connectivity index (χ1n) is 8.66. The zero-order valence-electron chi connectivity index (χ0n) is 15.7. The van der Waals surface area contributed by atoms with Crippen molar-refractivity contribution in [2.24, 2.45) is 0 Å². The highest BCUT2D eigenvalue weighted by Crippen LogP contribution is 2.21. The Balaban J connectivity index is 2.05. The number of benzene rings is 1. The lowest BCUT2D eigenvalue weighted by atomic mass is 10.1. The fourth-order valence-corrected chi connectivity index (χ4v) is 4.34. The van der Waals surface area contributed by atoms with Gasteiger partial charge in [-0.25, -0.2) is 17.6 Å². The smallest absolute Gasteiger partial charge is 0.410 e. The number of hydrogen-bond donors (Lipinski definition) is 0. The fraction of sp³-hybridized carbons (Fsp3) is 0.611. The molecular weight excluding hydrogens is 359 g/mol. The number of halogens is 1. The second-order valence-electron chi connectivity index (χ2n) is 7.62. The van der Waals surface area contributed by atoms with Crippen LogP contribution in [0.25, 0.3) is 0 Å². The van der Waals surface area contributed by atoms with E-state index in [-0.39, 0.29) is 18.3 Å². The van der Waals surface area contributed by atoms with Crippen molar-refractivity contribution in [3.63, 3.8) is 0 Å². The van der Waals surface area contributed by atoms with E-state index in [1.807, 2.05) is 0 Å². The normalized spacial score (nSPS) is 18.8. The van der Waals surface area contributed by atoms with Gasteiger partial charge in [-0.2, -0.15) is 4.31 Å². The molecule has 1 heterocycles. The van der Waals surface area contributed by atoms with Crippen LogP contribution in [0.5, 0.6) is 0 Å². The van der Waals surface area contributed by atoms with E-state index >= 15 is 0 Å². The molecule has 2 rings (SSSR count). The summed E-state index contributed by atoms with van der Waals surface area (Å²) in [5.74, 6) is -0.737. The van der Waals surface area contributed by atoms with Gasteiger partial charge >= 0.3 is 6.09 Å². The highest BCUT2D eigenvalue weighted by molar-refractivity contribution is 7.88. The van der Waals surface area contributed by atoms with E-state index in [1.54, 1.807) is 31.7 Å². The molecule has 1 amide bonds. The lowest BCUT2D eigenvalue weighted by molar-refractivity contribution is 0.0163. The standard InChI is InChI=1S/C18H27FN2O4S/c1-18(2,3)25-17(22)21-10-6-9-16(12-21)20(4)26(23,24)13-14-7-5-8-15(19)11-14/h5,7-8,11,16H,6,9-10,12-13H2,1-4H3/t16-/m0/s1. The average molecular weight is 386 g/mol. The first-order valence-corrected chi connectivity index (χ1v) is 10.3. The number of sulfonamides is 1. The molecule has 1 aromatic carbocycles. The summed E-state index contributed by atoms with van der Waals surface area (Å²) in [5, 5.41) is 0. The fourth-order valence-electron chi connectivity index (χ4n) is 2.91. The van der Waals surface area contributed by atoms with Gasteiger partial charge in [0.1, 0.15) is 11.4 Å². The lowest BCUT2D eigenvalue weighted by Crippen LogP contribution is -2.51. The van der Waals surface area contributed by atoms with Crippen molar-refractivity contribution in [3.05, 3.63) is 35.6 Å². The zero-order chi connectivity index (χ0) is 19.5. The summed E-state index contributed by atoms with van der Waals surface area (Å²) >= 11 is 0. The minimum atomic E-state index is -3.63. The van der Waals surface area contributed by atoms with Gasteiger partial charge in [0, 0.05) is 26.2 Å². The molecule has 1 saturated heterocycles. The molecule has 1 aliphatic heterocycles. The number of likely N-dealkylation sites (N-methyl/N-ethyl adjacent to an activating group) is 1. The van der Waals surface area contributed by atoms with Gasteiger partial charge in [0.15, 0.2) is 0 Å². The van der Waals surface area contributed by atoms with E-state index in [0.717, 1.165) is 0 Å². The summed E-state index contributed by atoms with van der Waals surface area (Å²) in [5.41, 5.74) is -0.198. The Hall–Kier alpha value is -1.67.